The molecule has 2 aliphatic heterocycles. The Hall–Kier alpha value is -0.610. The second-order valence-electron chi connectivity index (χ2n) is 5.25. The Morgan fingerprint density at radius 2 is 2.25 bits per heavy atom. The molecular formula is C12H22N2O2. The van der Waals surface area contributed by atoms with Crippen LogP contribution >= 0.6 is 0 Å². The predicted molar refractivity (Wildman–Crippen MR) is 62.2 cm³/mol. The van der Waals surface area contributed by atoms with Crippen molar-refractivity contribution in [3.63, 3.8) is 0 Å². The van der Waals surface area contributed by atoms with E-state index in [1.807, 2.05) is 0 Å². The van der Waals surface area contributed by atoms with Crippen LogP contribution in [0.5, 0.6) is 0 Å². The maximum atomic E-state index is 11.1. The summed E-state index contributed by atoms with van der Waals surface area (Å²) in [4.78, 5) is 11.1. The Bertz CT molecular complexity index is 255. The van der Waals surface area contributed by atoms with Gasteiger partial charge in [0, 0.05) is 31.7 Å². The number of nitrogens with one attached hydrogen (secondary N) is 2. The highest BCUT2D eigenvalue weighted by molar-refractivity contribution is 5.78. The van der Waals surface area contributed by atoms with Crippen LogP contribution in [0.25, 0.3) is 0 Å². The lowest BCUT2D eigenvalue weighted by Gasteiger charge is -2.33. The summed E-state index contributed by atoms with van der Waals surface area (Å²) in [6.07, 6.45) is 3.14. The van der Waals surface area contributed by atoms with Gasteiger partial charge in [0.05, 0.1) is 6.10 Å². The lowest BCUT2D eigenvalue weighted by Crippen LogP contribution is -2.45. The van der Waals surface area contributed by atoms with Crippen molar-refractivity contribution in [3.8, 4) is 0 Å². The molecule has 2 fully saturated rings. The van der Waals surface area contributed by atoms with E-state index < -0.39 is 0 Å². The third-order valence-corrected chi connectivity index (χ3v) is 3.51. The molecule has 2 rings (SSSR count). The summed E-state index contributed by atoms with van der Waals surface area (Å²) in [6, 6.07) is 0.835. The van der Waals surface area contributed by atoms with Gasteiger partial charge in [-0.25, -0.2) is 0 Å². The molecule has 3 atom stereocenters. The maximum Gasteiger partial charge on any atom is 0.221 e. The molecule has 0 bridgehead atoms. The molecule has 0 spiro atoms. The summed E-state index contributed by atoms with van der Waals surface area (Å²) in [7, 11) is 0. The third kappa shape index (κ3) is 2.95. The minimum atomic E-state index is 0.171. The van der Waals surface area contributed by atoms with Crippen LogP contribution in [0.15, 0.2) is 0 Å². The molecule has 0 aliphatic carbocycles. The summed E-state index contributed by atoms with van der Waals surface area (Å²) in [5.74, 6) is 0.748. The molecule has 1 amide bonds. The summed E-state index contributed by atoms with van der Waals surface area (Å²) >= 11 is 0. The second kappa shape index (κ2) is 5.15. The Kier molecular flexibility index (Phi) is 3.82. The highest BCUT2D eigenvalue weighted by atomic mass is 16.5. The van der Waals surface area contributed by atoms with E-state index >= 15 is 0 Å². The van der Waals surface area contributed by atoms with Gasteiger partial charge in [-0.3, -0.25) is 4.79 Å². The monoisotopic (exact) mass is 226 g/mol. The largest absolute Gasteiger partial charge is 0.378 e. The molecule has 16 heavy (non-hydrogen) atoms. The van der Waals surface area contributed by atoms with Crippen LogP contribution in [-0.2, 0) is 9.53 Å². The highest BCUT2D eigenvalue weighted by Gasteiger charge is 2.29. The van der Waals surface area contributed by atoms with E-state index in [1.165, 1.54) is 0 Å². The molecule has 2 aliphatic rings. The zero-order chi connectivity index (χ0) is 11.5. The molecule has 92 valence electrons. The predicted octanol–water partition coefficient (Wildman–Crippen LogP) is 0.668. The van der Waals surface area contributed by atoms with Crippen LogP contribution in [0, 0.1) is 5.92 Å². The average molecular weight is 226 g/mol. The van der Waals surface area contributed by atoms with E-state index in [1.54, 1.807) is 0 Å². The first-order valence-corrected chi connectivity index (χ1v) is 6.29. The summed E-state index contributed by atoms with van der Waals surface area (Å²) in [5, 5.41) is 6.43. The van der Waals surface area contributed by atoms with E-state index in [9.17, 15) is 4.79 Å². The van der Waals surface area contributed by atoms with Crippen LogP contribution in [-0.4, -0.2) is 37.2 Å². The molecule has 2 N–H and O–H groups in total. The minimum Gasteiger partial charge on any atom is -0.378 e. The molecule has 4 heteroatoms. The quantitative estimate of drug-likeness (QED) is 0.743. The standard InChI is InChI=1S/C12H22N2O2/c1-8(2)11-5-9(3-4-16-11)14-10-6-12(15)13-7-10/h8-11,14H,3-7H2,1-2H3,(H,13,15). The van der Waals surface area contributed by atoms with Gasteiger partial charge in [-0.15, -0.1) is 0 Å². The fourth-order valence-corrected chi connectivity index (χ4v) is 2.50. The SMILES string of the molecule is CC(C)C1CC(NC2CNC(=O)C2)CCO1. The Balaban J connectivity index is 1.79. The maximum absolute atomic E-state index is 11.1. The van der Waals surface area contributed by atoms with Crippen molar-refractivity contribution < 1.29 is 9.53 Å². The first-order chi connectivity index (χ1) is 7.65. The Labute approximate surface area is 97.1 Å². The molecule has 0 radical (unpaired) electrons. The molecule has 0 saturated carbocycles. The zero-order valence-electron chi connectivity index (χ0n) is 10.2. The van der Waals surface area contributed by atoms with Crippen LogP contribution in [0.1, 0.15) is 33.1 Å². The topological polar surface area (TPSA) is 50.4 Å². The van der Waals surface area contributed by atoms with Crippen LogP contribution in [0.4, 0.5) is 0 Å². The number of hydrogen-bond acceptors (Lipinski definition) is 3. The van der Waals surface area contributed by atoms with E-state index in [0.717, 1.165) is 26.0 Å². The molecule has 4 nitrogen and oxygen atoms in total. The number of carbonyl (C=O) groups excluding carboxylic acids is 1. The summed E-state index contributed by atoms with van der Waals surface area (Å²) < 4.78 is 5.73. The van der Waals surface area contributed by atoms with Crippen LogP contribution in [0.3, 0.4) is 0 Å². The van der Waals surface area contributed by atoms with Gasteiger partial charge in [-0.05, 0) is 18.8 Å². The van der Waals surface area contributed by atoms with Gasteiger partial charge in [-0.2, -0.15) is 0 Å². The number of ether oxygens (including phenoxy) is 1. The van der Waals surface area contributed by atoms with Crippen molar-refractivity contribution in [2.24, 2.45) is 5.92 Å². The lowest BCUT2D eigenvalue weighted by atomic mass is 9.95. The first-order valence-electron chi connectivity index (χ1n) is 6.29. The van der Waals surface area contributed by atoms with E-state index in [0.29, 0.717) is 30.5 Å². The second-order valence-corrected chi connectivity index (χ2v) is 5.25. The molecule has 3 unspecified atom stereocenters. The Morgan fingerprint density at radius 3 is 2.88 bits per heavy atom. The third-order valence-electron chi connectivity index (χ3n) is 3.51. The fourth-order valence-electron chi connectivity index (χ4n) is 2.50. The van der Waals surface area contributed by atoms with E-state index in [-0.39, 0.29) is 5.91 Å². The lowest BCUT2D eigenvalue weighted by molar-refractivity contribution is -0.119. The first kappa shape index (κ1) is 11.9. The Morgan fingerprint density at radius 1 is 1.44 bits per heavy atom. The van der Waals surface area contributed by atoms with Crippen molar-refractivity contribution in [2.45, 2.75) is 51.3 Å². The van der Waals surface area contributed by atoms with Crippen molar-refractivity contribution in [2.75, 3.05) is 13.2 Å². The highest BCUT2D eigenvalue weighted by Crippen LogP contribution is 2.21. The van der Waals surface area contributed by atoms with Crippen molar-refractivity contribution in [3.05, 3.63) is 0 Å². The van der Waals surface area contributed by atoms with E-state index in [4.69, 9.17) is 4.74 Å². The van der Waals surface area contributed by atoms with Crippen molar-refractivity contribution >= 4 is 5.91 Å². The smallest absolute Gasteiger partial charge is 0.221 e. The van der Waals surface area contributed by atoms with Gasteiger partial charge < -0.3 is 15.4 Å². The number of carbonyl (C=O) groups is 1. The fraction of sp³-hybridized carbons (Fsp3) is 0.917. The van der Waals surface area contributed by atoms with Gasteiger partial charge in [0.2, 0.25) is 5.91 Å². The molecule has 0 aromatic rings. The number of amides is 1. The molecular weight excluding hydrogens is 204 g/mol. The summed E-state index contributed by atoms with van der Waals surface area (Å²) in [6.45, 7) is 6.03. The molecule has 2 saturated heterocycles. The molecule has 0 aromatic carbocycles. The van der Waals surface area contributed by atoms with E-state index in [2.05, 4.69) is 24.5 Å². The number of rotatable bonds is 3. The van der Waals surface area contributed by atoms with Crippen LogP contribution in [0.2, 0.25) is 0 Å². The molecule has 0 aromatic heterocycles. The van der Waals surface area contributed by atoms with Gasteiger partial charge in [0.15, 0.2) is 0 Å². The van der Waals surface area contributed by atoms with Crippen LogP contribution < -0.4 is 10.6 Å². The van der Waals surface area contributed by atoms with Gasteiger partial charge in [0.1, 0.15) is 0 Å². The normalized spacial score (nSPS) is 35.4. The van der Waals surface area contributed by atoms with Crippen molar-refractivity contribution in [1.29, 1.82) is 0 Å². The van der Waals surface area contributed by atoms with Gasteiger partial charge >= 0.3 is 0 Å². The zero-order valence-corrected chi connectivity index (χ0v) is 10.2. The van der Waals surface area contributed by atoms with Gasteiger partial charge in [-0.1, -0.05) is 13.8 Å². The van der Waals surface area contributed by atoms with Gasteiger partial charge in [0.25, 0.3) is 0 Å². The average Bonchev–Trinajstić information content (AvgIpc) is 2.64. The minimum absolute atomic E-state index is 0.171. The summed E-state index contributed by atoms with van der Waals surface area (Å²) in [5.41, 5.74) is 0. The molecule has 2 heterocycles. The number of hydrogen-bond donors (Lipinski definition) is 2. The van der Waals surface area contributed by atoms with Crippen molar-refractivity contribution in [1.82, 2.24) is 10.6 Å².